The number of carbonyl (C=O) groups excluding carboxylic acids is 1. The predicted molar refractivity (Wildman–Crippen MR) is 74.5 cm³/mol. The lowest BCUT2D eigenvalue weighted by molar-refractivity contribution is -0.133. The first-order valence-electron chi connectivity index (χ1n) is 6.95. The predicted octanol–water partition coefficient (Wildman–Crippen LogP) is -0.180. The van der Waals surface area contributed by atoms with E-state index in [4.69, 9.17) is 5.73 Å². The Morgan fingerprint density at radius 3 is 2.28 bits per heavy atom. The fourth-order valence-corrected chi connectivity index (χ4v) is 2.08. The van der Waals surface area contributed by atoms with Gasteiger partial charge in [-0.05, 0) is 33.4 Å². The van der Waals surface area contributed by atoms with Gasteiger partial charge in [-0.1, -0.05) is 0 Å². The number of carbonyl (C=O) groups is 1. The molecule has 106 valence electrons. The molecule has 1 saturated heterocycles. The summed E-state index contributed by atoms with van der Waals surface area (Å²) in [5.41, 5.74) is 5.51. The molecule has 1 aliphatic heterocycles. The Morgan fingerprint density at radius 1 is 1.22 bits per heavy atom. The molecule has 0 aromatic carbocycles. The molecule has 2 N–H and O–H groups in total. The van der Waals surface area contributed by atoms with Crippen LogP contribution in [0.2, 0.25) is 0 Å². The maximum Gasteiger partial charge on any atom is 0.236 e. The molecule has 0 bridgehead atoms. The minimum Gasteiger partial charge on any atom is -0.342 e. The van der Waals surface area contributed by atoms with E-state index in [0.717, 1.165) is 45.7 Å². The third-order valence-corrected chi connectivity index (χ3v) is 3.67. The zero-order chi connectivity index (χ0) is 13.5. The molecule has 5 nitrogen and oxygen atoms in total. The third-order valence-electron chi connectivity index (χ3n) is 3.67. The molecule has 1 aliphatic rings. The molecule has 1 heterocycles. The van der Waals surface area contributed by atoms with Crippen LogP contribution in [-0.2, 0) is 4.79 Å². The van der Waals surface area contributed by atoms with Crippen molar-refractivity contribution in [1.82, 2.24) is 14.7 Å². The van der Waals surface area contributed by atoms with Gasteiger partial charge >= 0.3 is 0 Å². The van der Waals surface area contributed by atoms with Gasteiger partial charge in [0.25, 0.3) is 0 Å². The average Bonchev–Trinajstić information content (AvgIpc) is 2.36. The van der Waals surface area contributed by atoms with Crippen molar-refractivity contribution in [3.63, 3.8) is 0 Å². The molecule has 1 amide bonds. The fourth-order valence-electron chi connectivity index (χ4n) is 2.08. The summed E-state index contributed by atoms with van der Waals surface area (Å²) in [6, 6.07) is 0.281. The van der Waals surface area contributed by atoms with Crippen molar-refractivity contribution in [2.45, 2.75) is 26.3 Å². The van der Waals surface area contributed by atoms with Crippen LogP contribution in [0.1, 0.15) is 20.3 Å². The first kappa shape index (κ1) is 15.4. The van der Waals surface area contributed by atoms with Crippen LogP contribution < -0.4 is 5.73 Å². The lowest BCUT2D eigenvalue weighted by Crippen LogP contribution is -2.50. The van der Waals surface area contributed by atoms with Crippen molar-refractivity contribution in [2.24, 2.45) is 5.73 Å². The number of piperazine rings is 1. The van der Waals surface area contributed by atoms with Gasteiger partial charge in [0.1, 0.15) is 0 Å². The standard InChI is InChI=1S/C13H28N4O/c1-12(2)15(3)13(18)11-17-9-7-16(8-10-17)6-4-5-14/h12H,4-11,14H2,1-3H3. The summed E-state index contributed by atoms with van der Waals surface area (Å²) in [5.74, 6) is 0.223. The molecule has 0 aromatic heterocycles. The number of rotatable bonds is 6. The van der Waals surface area contributed by atoms with Crippen LogP contribution in [0.25, 0.3) is 0 Å². The molecule has 0 spiro atoms. The second-order valence-electron chi connectivity index (χ2n) is 5.36. The van der Waals surface area contributed by atoms with Crippen molar-refractivity contribution in [3.8, 4) is 0 Å². The van der Waals surface area contributed by atoms with Crippen LogP contribution in [-0.4, -0.2) is 79.5 Å². The highest BCUT2D eigenvalue weighted by Gasteiger charge is 2.20. The van der Waals surface area contributed by atoms with Gasteiger partial charge in [0.05, 0.1) is 6.54 Å². The first-order chi connectivity index (χ1) is 8.54. The molecule has 0 radical (unpaired) electrons. The number of nitrogens with two attached hydrogens (primary N) is 1. The monoisotopic (exact) mass is 256 g/mol. The van der Waals surface area contributed by atoms with Crippen molar-refractivity contribution in [1.29, 1.82) is 0 Å². The number of amides is 1. The van der Waals surface area contributed by atoms with E-state index < -0.39 is 0 Å². The van der Waals surface area contributed by atoms with E-state index in [2.05, 4.69) is 9.80 Å². The van der Waals surface area contributed by atoms with Crippen molar-refractivity contribution in [2.75, 3.05) is 52.9 Å². The highest BCUT2D eigenvalue weighted by atomic mass is 16.2. The molecule has 5 heteroatoms. The normalized spacial score (nSPS) is 18.3. The van der Waals surface area contributed by atoms with Crippen LogP contribution in [0, 0.1) is 0 Å². The molecule has 0 aromatic rings. The van der Waals surface area contributed by atoms with Crippen molar-refractivity contribution in [3.05, 3.63) is 0 Å². The highest BCUT2D eigenvalue weighted by Crippen LogP contribution is 2.04. The zero-order valence-corrected chi connectivity index (χ0v) is 12.1. The minimum absolute atomic E-state index is 0.223. The molecule has 0 saturated carbocycles. The van der Waals surface area contributed by atoms with E-state index in [0.29, 0.717) is 6.54 Å². The van der Waals surface area contributed by atoms with Gasteiger partial charge in [0, 0.05) is 39.3 Å². The van der Waals surface area contributed by atoms with Gasteiger partial charge in [0.15, 0.2) is 0 Å². The van der Waals surface area contributed by atoms with Gasteiger partial charge in [-0.15, -0.1) is 0 Å². The summed E-state index contributed by atoms with van der Waals surface area (Å²) in [6.07, 6.45) is 1.06. The lowest BCUT2D eigenvalue weighted by atomic mass is 10.2. The summed E-state index contributed by atoms with van der Waals surface area (Å²) in [6.45, 7) is 10.6. The molecule has 18 heavy (non-hydrogen) atoms. The maximum absolute atomic E-state index is 12.0. The molecule has 1 rings (SSSR count). The number of nitrogens with zero attached hydrogens (tertiary/aromatic N) is 3. The van der Waals surface area contributed by atoms with Gasteiger partial charge in [-0.3, -0.25) is 9.69 Å². The third kappa shape index (κ3) is 4.92. The van der Waals surface area contributed by atoms with Gasteiger partial charge in [-0.25, -0.2) is 0 Å². The number of hydrogen-bond acceptors (Lipinski definition) is 4. The zero-order valence-electron chi connectivity index (χ0n) is 12.1. The number of likely N-dealkylation sites (N-methyl/N-ethyl adjacent to an activating group) is 1. The van der Waals surface area contributed by atoms with Crippen LogP contribution in [0.15, 0.2) is 0 Å². The molecule has 0 atom stereocenters. The Bertz CT molecular complexity index is 249. The Morgan fingerprint density at radius 2 is 1.78 bits per heavy atom. The van der Waals surface area contributed by atoms with E-state index in [1.807, 2.05) is 25.8 Å². The number of hydrogen-bond donors (Lipinski definition) is 1. The van der Waals surface area contributed by atoms with Gasteiger partial charge in [-0.2, -0.15) is 0 Å². The van der Waals surface area contributed by atoms with Crippen LogP contribution in [0.3, 0.4) is 0 Å². The second-order valence-corrected chi connectivity index (χ2v) is 5.36. The highest BCUT2D eigenvalue weighted by molar-refractivity contribution is 5.78. The molecule has 0 aliphatic carbocycles. The molecule has 1 fully saturated rings. The van der Waals surface area contributed by atoms with Gasteiger partial charge in [0.2, 0.25) is 5.91 Å². The smallest absolute Gasteiger partial charge is 0.236 e. The first-order valence-corrected chi connectivity index (χ1v) is 6.95. The Labute approximate surface area is 111 Å². The maximum atomic E-state index is 12.0. The molecular weight excluding hydrogens is 228 g/mol. The molecular formula is C13H28N4O. The van der Waals surface area contributed by atoms with E-state index in [-0.39, 0.29) is 11.9 Å². The van der Waals surface area contributed by atoms with E-state index >= 15 is 0 Å². The van der Waals surface area contributed by atoms with E-state index in [1.165, 1.54) is 0 Å². The summed E-state index contributed by atoms with van der Waals surface area (Å²) < 4.78 is 0. The van der Waals surface area contributed by atoms with Crippen molar-refractivity contribution < 1.29 is 4.79 Å². The van der Waals surface area contributed by atoms with E-state index in [9.17, 15) is 4.79 Å². The summed E-state index contributed by atoms with van der Waals surface area (Å²) in [4.78, 5) is 18.5. The SMILES string of the molecule is CC(C)N(C)C(=O)CN1CCN(CCCN)CC1. The second kappa shape index (κ2) is 7.71. The Balaban J connectivity index is 2.25. The van der Waals surface area contributed by atoms with E-state index in [1.54, 1.807) is 0 Å². The summed E-state index contributed by atoms with van der Waals surface area (Å²) >= 11 is 0. The largest absolute Gasteiger partial charge is 0.342 e. The Kier molecular flexibility index (Phi) is 6.60. The fraction of sp³-hybridized carbons (Fsp3) is 0.923. The topological polar surface area (TPSA) is 52.8 Å². The summed E-state index contributed by atoms with van der Waals surface area (Å²) in [5, 5.41) is 0. The average molecular weight is 256 g/mol. The minimum atomic E-state index is 0.223. The molecule has 0 unspecified atom stereocenters. The van der Waals surface area contributed by atoms with Crippen molar-refractivity contribution >= 4 is 5.91 Å². The van der Waals surface area contributed by atoms with Crippen LogP contribution >= 0.6 is 0 Å². The summed E-state index contributed by atoms with van der Waals surface area (Å²) in [7, 11) is 1.88. The van der Waals surface area contributed by atoms with Crippen LogP contribution in [0.4, 0.5) is 0 Å². The van der Waals surface area contributed by atoms with Crippen LogP contribution in [0.5, 0.6) is 0 Å². The lowest BCUT2D eigenvalue weighted by Gasteiger charge is -2.35. The Hall–Kier alpha value is -0.650. The van der Waals surface area contributed by atoms with Gasteiger partial charge < -0.3 is 15.5 Å². The quantitative estimate of drug-likeness (QED) is 0.716.